The highest BCUT2D eigenvalue weighted by molar-refractivity contribution is 8.50. The van der Waals surface area contributed by atoms with Crippen LogP contribution in [0.4, 0.5) is 23.8 Å². The predicted molar refractivity (Wildman–Crippen MR) is 160 cm³/mol. The van der Waals surface area contributed by atoms with Gasteiger partial charge >= 0.3 is 20.5 Å². The van der Waals surface area contributed by atoms with Crippen molar-refractivity contribution in [2.24, 2.45) is 23.2 Å². The van der Waals surface area contributed by atoms with Crippen molar-refractivity contribution in [1.29, 1.82) is 0 Å². The van der Waals surface area contributed by atoms with Gasteiger partial charge in [0.1, 0.15) is 0 Å². The van der Waals surface area contributed by atoms with Crippen LogP contribution in [0, 0.1) is 23.2 Å². The van der Waals surface area contributed by atoms with E-state index < -0.39 is 42.7 Å². The molecule has 4 aliphatic rings. The van der Waals surface area contributed by atoms with Gasteiger partial charge in [0, 0.05) is 0 Å². The Morgan fingerprint density at radius 3 is 1.38 bits per heavy atom. The number of benzene rings is 3. The van der Waals surface area contributed by atoms with Crippen LogP contribution in [0.15, 0.2) is 106 Å². The van der Waals surface area contributed by atoms with Crippen molar-refractivity contribution in [1.82, 2.24) is 0 Å². The van der Waals surface area contributed by atoms with E-state index in [9.17, 15) is 41.6 Å². The Labute approximate surface area is 261 Å². The van der Waals surface area contributed by atoms with Crippen LogP contribution in [0.5, 0.6) is 0 Å². The molecule has 1 unspecified atom stereocenters. The normalized spacial score (nSPS) is 27.0. The molecule has 45 heavy (non-hydrogen) atoms. The van der Waals surface area contributed by atoms with Crippen LogP contribution in [-0.4, -0.2) is 29.9 Å². The SMILES string of the molecule is O=C(OCC(F)(S(=O)(=O)[O-])S(F)(F)(F)(F)F)C12CC3CC(CC(C3)C1)C2.c1ccc([S+](c2ccccc2)c2ccccc2)cc1. The van der Waals surface area contributed by atoms with Gasteiger partial charge in [-0.15, -0.1) is 0 Å². The van der Waals surface area contributed by atoms with E-state index in [2.05, 4.69) is 95.7 Å². The number of hydrogen-bond donors (Lipinski definition) is 0. The van der Waals surface area contributed by atoms with Crippen LogP contribution in [0.3, 0.4) is 0 Å². The highest BCUT2D eigenvalue weighted by Gasteiger charge is 2.85. The fourth-order valence-electron chi connectivity index (χ4n) is 7.12. The van der Waals surface area contributed by atoms with Crippen LogP contribution in [0.25, 0.3) is 0 Å². The molecule has 246 valence electrons. The summed E-state index contributed by atoms with van der Waals surface area (Å²) in [5, 5.41) is 0. The molecule has 4 aliphatic carbocycles. The molecule has 0 N–H and O–H groups in total. The van der Waals surface area contributed by atoms with Crippen molar-refractivity contribution in [3.05, 3.63) is 91.0 Å². The third-order valence-electron chi connectivity index (χ3n) is 8.73. The Morgan fingerprint density at radius 1 is 0.756 bits per heavy atom. The highest BCUT2D eigenvalue weighted by Crippen LogP contribution is 3.04. The standard InChI is InChI=1S/C18H15S.C13H18F6O5S2/c1-4-10-16(11-5-1)19(17-12-6-2-7-13-17)18-14-8-3-9-15-18;14-13(25(21,22)23,26(15,16,17,18)19)7-24-11(20)12-4-8-1-9(5-12)3-10(2-8)6-12/h1-15H;8-10H,1-7H2,(H,21,22,23)/q+1;/p-1. The minimum Gasteiger partial charge on any atom is -0.744 e. The van der Waals surface area contributed by atoms with E-state index >= 15 is 0 Å². The van der Waals surface area contributed by atoms with Gasteiger partial charge in [0.2, 0.25) is 0 Å². The summed E-state index contributed by atoms with van der Waals surface area (Å²) in [6.45, 7) is -2.89. The van der Waals surface area contributed by atoms with Crippen molar-refractivity contribution in [3.8, 4) is 0 Å². The van der Waals surface area contributed by atoms with Gasteiger partial charge in [0.05, 0.1) is 16.3 Å². The molecular weight excluding hydrogens is 663 g/mol. The second kappa shape index (κ2) is 11.2. The number of hydrogen-bond acceptors (Lipinski definition) is 5. The zero-order valence-electron chi connectivity index (χ0n) is 23.9. The summed E-state index contributed by atoms with van der Waals surface area (Å²) in [7, 11) is -18.7. The summed E-state index contributed by atoms with van der Waals surface area (Å²) >= 11 is 0. The lowest BCUT2D eigenvalue weighted by molar-refractivity contribution is -0.173. The van der Waals surface area contributed by atoms with Crippen LogP contribution >= 0.6 is 10.2 Å². The van der Waals surface area contributed by atoms with Gasteiger partial charge in [0.15, 0.2) is 31.4 Å². The number of esters is 1. The third kappa shape index (κ3) is 6.89. The van der Waals surface area contributed by atoms with Crippen LogP contribution in [-0.2, 0) is 30.5 Å². The van der Waals surface area contributed by atoms with Crippen molar-refractivity contribution in [2.45, 2.75) is 57.5 Å². The second-order valence-corrected chi connectivity index (χ2v) is 18.5. The van der Waals surface area contributed by atoms with E-state index in [1.807, 2.05) is 0 Å². The Balaban J connectivity index is 0.000000186. The third-order valence-corrected chi connectivity index (χ3v) is 14.7. The second-order valence-electron chi connectivity index (χ2n) is 12.1. The molecule has 0 heterocycles. The summed E-state index contributed by atoms with van der Waals surface area (Å²) in [6.07, 6.45) is 3.37. The number of halogens is 6. The van der Waals surface area contributed by atoms with E-state index in [1.165, 1.54) is 14.7 Å². The largest absolute Gasteiger partial charge is 0.744 e. The topological polar surface area (TPSA) is 83.5 Å². The van der Waals surface area contributed by atoms with Gasteiger partial charge in [0.25, 0.3) is 0 Å². The van der Waals surface area contributed by atoms with E-state index in [4.69, 9.17) is 0 Å². The summed E-state index contributed by atoms with van der Waals surface area (Å²) in [5.41, 5.74) is -1.22. The Hall–Kier alpha value is -2.68. The molecule has 0 aliphatic heterocycles. The van der Waals surface area contributed by atoms with E-state index in [-0.39, 0.29) is 47.9 Å². The maximum Gasteiger partial charge on any atom is 0.365 e. The molecule has 0 spiro atoms. The maximum atomic E-state index is 13.9. The first kappa shape index (κ1) is 33.7. The molecule has 0 amide bonds. The van der Waals surface area contributed by atoms with Crippen molar-refractivity contribution < 1.29 is 46.3 Å². The molecule has 7 rings (SSSR count). The molecule has 0 radical (unpaired) electrons. The maximum absolute atomic E-state index is 13.9. The number of carbonyl (C=O) groups is 1. The van der Waals surface area contributed by atoms with Crippen LogP contribution in [0.1, 0.15) is 38.5 Å². The average Bonchev–Trinajstić information content (AvgIpc) is 2.95. The lowest BCUT2D eigenvalue weighted by Gasteiger charge is -2.55. The quantitative estimate of drug-likeness (QED) is 0.102. The van der Waals surface area contributed by atoms with Crippen molar-refractivity contribution >= 4 is 37.2 Å². The smallest absolute Gasteiger partial charge is 0.365 e. The molecule has 4 bridgehead atoms. The van der Waals surface area contributed by atoms with Gasteiger partial charge in [-0.05, 0) is 92.7 Å². The van der Waals surface area contributed by atoms with Gasteiger partial charge in [-0.25, -0.2) is 12.8 Å². The molecule has 0 aromatic heterocycles. The number of alkyl halides is 1. The first-order chi connectivity index (χ1) is 20.8. The first-order valence-corrected chi connectivity index (χ1v) is 18.8. The number of rotatable bonds is 8. The lowest BCUT2D eigenvalue weighted by Crippen LogP contribution is -2.53. The summed E-state index contributed by atoms with van der Waals surface area (Å²) < 4.78 is 108. The number of carbonyl (C=O) groups excluding carboxylic acids is 1. The Morgan fingerprint density at radius 2 is 1.09 bits per heavy atom. The van der Waals surface area contributed by atoms with Crippen molar-refractivity contribution in [3.63, 3.8) is 0 Å². The fraction of sp³-hybridized carbons (Fsp3) is 0.387. The molecule has 14 heteroatoms. The molecule has 3 aromatic carbocycles. The zero-order valence-corrected chi connectivity index (χ0v) is 26.3. The minimum absolute atomic E-state index is 0.0146. The molecule has 3 aromatic rings. The number of ether oxygens (including phenoxy) is 1. The summed E-state index contributed by atoms with van der Waals surface area (Å²) in [4.78, 5) is 16.4. The van der Waals surface area contributed by atoms with Crippen LogP contribution in [0.2, 0.25) is 0 Å². The van der Waals surface area contributed by atoms with E-state index in [0.29, 0.717) is 0 Å². The van der Waals surface area contributed by atoms with E-state index in [1.54, 1.807) is 0 Å². The first-order valence-electron chi connectivity index (χ1n) is 14.2. The molecule has 0 saturated heterocycles. The molecule has 4 fully saturated rings. The molecule has 5 nitrogen and oxygen atoms in total. The lowest BCUT2D eigenvalue weighted by atomic mass is 9.49. The average molecular weight is 695 g/mol. The van der Waals surface area contributed by atoms with Crippen LogP contribution < -0.4 is 0 Å². The predicted octanol–water partition coefficient (Wildman–Crippen LogP) is 9.00. The van der Waals surface area contributed by atoms with E-state index in [0.717, 1.165) is 19.3 Å². The van der Waals surface area contributed by atoms with Crippen molar-refractivity contribution in [2.75, 3.05) is 6.61 Å². The Kier molecular flexibility index (Phi) is 8.41. The fourth-order valence-corrected chi connectivity index (χ4v) is 11.3. The zero-order chi connectivity index (χ0) is 32.8. The van der Waals surface area contributed by atoms with Gasteiger partial charge in [-0.1, -0.05) is 74.0 Å². The van der Waals surface area contributed by atoms with Gasteiger partial charge in [-0.2, -0.15) is 0 Å². The monoisotopic (exact) mass is 694 g/mol. The van der Waals surface area contributed by atoms with Gasteiger partial charge in [-0.3, -0.25) is 4.79 Å². The Bertz CT molecular complexity index is 1500. The summed E-state index contributed by atoms with van der Waals surface area (Å²) in [5.74, 6) is -0.919. The highest BCUT2D eigenvalue weighted by atomic mass is 32.5. The minimum atomic E-state index is -11.5. The molecule has 1 atom stereocenters. The van der Waals surface area contributed by atoms with Gasteiger partial charge < -0.3 is 9.29 Å². The molecular formula is C31H32F6O5S3. The molecule has 4 saturated carbocycles. The summed E-state index contributed by atoms with van der Waals surface area (Å²) in [6, 6.07) is 32.2.